The lowest BCUT2D eigenvalue weighted by Gasteiger charge is -2.16. The van der Waals surface area contributed by atoms with E-state index in [1.165, 1.54) is 6.07 Å². The lowest BCUT2D eigenvalue weighted by Crippen LogP contribution is -2.29. The van der Waals surface area contributed by atoms with Gasteiger partial charge in [0.1, 0.15) is 6.61 Å². The van der Waals surface area contributed by atoms with E-state index in [2.05, 4.69) is 15.6 Å². The summed E-state index contributed by atoms with van der Waals surface area (Å²) in [6.07, 6.45) is -1.10. The maximum atomic E-state index is 13.3. The third kappa shape index (κ3) is 6.02. The Labute approximate surface area is 249 Å². The van der Waals surface area contributed by atoms with Crippen molar-refractivity contribution in [2.45, 2.75) is 24.6 Å². The van der Waals surface area contributed by atoms with Gasteiger partial charge in [-0.15, -0.1) is 0 Å². The van der Waals surface area contributed by atoms with Crippen LogP contribution in [0.15, 0.2) is 79.0 Å². The minimum Gasteiger partial charge on any atom is -0.493 e. The molecule has 0 radical (unpaired) electrons. The average Bonchev–Trinajstić information content (AvgIpc) is 3.72. The topological polar surface area (TPSA) is 98.5 Å². The third-order valence-corrected chi connectivity index (χ3v) is 7.70. The highest BCUT2D eigenvalue weighted by atomic mass is 35.5. The molecular weight excluding hydrogens is 581 g/mol. The molecule has 5 aromatic rings. The Kier molecular flexibility index (Phi) is 7.27. The zero-order valence-electron chi connectivity index (χ0n) is 22.9. The summed E-state index contributed by atoms with van der Waals surface area (Å²) in [4.78, 5) is 17.6. The highest BCUT2D eigenvalue weighted by Gasteiger charge is 2.39. The van der Waals surface area contributed by atoms with Gasteiger partial charge in [0.05, 0.1) is 28.8 Å². The van der Waals surface area contributed by atoms with Crippen LogP contribution < -0.4 is 25.8 Å². The maximum Gasteiger partial charge on any atom is 0.417 e. The highest BCUT2D eigenvalue weighted by Crippen LogP contribution is 2.39. The van der Waals surface area contributed by atoms with Crippen molar-refractivity contribution >= 4 is 56.2 Å². The van der Waals surface area contributed by atoms with Crippen LogP contribution >= 0.6 is 11.6 Å². The summed E-state index contributed by atoms with van der Waals surface area (Å²) in [6.45, 7) is 0.401. The first-order chi connectivity index (χ1) is 20.5. The molecule has 11 heteroatoms. The largest absolute Gasteiger partial charge is 0.493 e. The number of carbonyl (C=O) groups is 1. The molecule has 4 N–H and O–H groups in total. The zero-order valence-corrected chi connectivity index (χ0v) is 23.6. The summed E-state index contributed by atoms with van der Waals surface area (Å²) >= 11 is 5.71. The van der Waals surface area contributed by atoms with Crippen LogP contribution in [0.1, 0.15) is 28.8 Å². The molecule has 1 heterocycles. The van der Waals surface area contributed by atoms with Crippen molar-refractivity contribution in [3.8, 4) is 11.5 Å². The van der Waals surface area contributed by atoms with Gasteiger partial charge in [-0.3, -0.25) is 9.78 Å². The quantitative estimate of drug-likeness (QED) is 0.166. The van der Waals surface area contributed by atoms with E-state index >= 15 is 0 Å². The number of carbonyl (C=O) groups excluding carboxylic acids is 1. The zero-order chi connectivity index (χ0) is 30.4. The second-order valence-electron chi connectivity index (χ2n) is 10.5. The Morgan fingerprint density at radius 3 is 2.53 bits per heavy atom. The van der Waals surface area contributed by atoms with Crippen LogP contribution in [0.4, 0.5) is 30.2 Å². The van der Waals surface area contributed by atoms with Crippen molar-refractivity contribution in [1.29, 1.82) is 0 Å². The molecule has 0 aliphatic heterocycles. The summed E-state index contributed by atoms with van der Waals surface area (Å²) in [7, 11) is 1.58. The van der Waals surface area contributed by atoms with E-state index in [1.54, 1.807) is 31.5 Å². The first-order valence-electron chi connectivity index (χ1n) is 13.4. The number of nitrogens with one attached hydrogen (secondary N) is 2. The second-order valence-corrected chi connectivity index (χ2v) is 10.9. The van der Waals surface area contributed by atoms with E-state index in [9.17, 15) is 18.0 Å². The van der Waals surface area contributed by atoms with Gasteiger partial charge in [0.15, 0.2) is 11.5 Å². The van der Waals surface area contributed by atoms with E-state index in [0.29, 0.717) is 34.6 Å². The van der Waals surface area contributed by atoms with Crippen LogP contribution in [-0.2, 0) is 6.18 Å². The number of hydrogen-bond donors (Lipinski definition) is 3. The predicted molar refractivity (Wildman–Crippen MR) is 162 cm³/mol. The number of anilines is 3. The number of benzene rings is 4. The molecule has 4 aromatic carbocycles. The number of nitrogens with zero attached hydrogens (tertiary/aromatic N) is 1. The number of amides is 1. The Balaban J connectivity index is 1.26. The molecule has 1 amide bonds. The van der Waals surface area contributed by atoms with Crippen LogP contribution in [0.3, 0.4) is 0 Å². The predicted octanol–water partition coefficient (Wildman–Crippen LogP) is 7.93. The molecule has 0 spiro atoms. The molecule has 0 saturated heterocycles. The summed E-state index contributed by atoms with van der Waals surface area (Å²) in [5.74, 6) is 0.584. The fraction of sp³-hybridized carbons (Fsp3) is 0.188. The first-order valence-corrected chi connectivity index (χ1v) is 13.8. The van der Waals surface area contributed by atoms with Gasteiger partial charge in [0, 0.05) is 40.3 Å². The van der Waals surface area contributed by atoms with Crippen LogP contribution in [0.2, 0.25) is 5.02 Å². The second kappa shape index (κ2) is 10.9. The molecule has 220 valence electrons. The molecular formula is C32H26ClF3N4O3. The molecule has 1 saturated carbocycles. The number of aromatic nitrogens is 1. The molecule has 0 unspecified atom stereocenters. The number of fused-ring (bicyclic) bond motifs is 2. The Morgan fingerprint density at radius 1 is 1.00 bits per heavy atom. The van der Waals surface area contributed by atoms with Gasteiger partial charge in [-0.2, -0.15) is 13.2 Å². The van der Waals surface area contributed by atoms with Gasteiger partial charge in [0.2, 0.25) is 0 Å². The normalized spacial score (nSPS) is 14.0. The molecule has 1 aliphatic carbocycles. The number of pyridine rings is 1. The first kappa shape index (κ1) is 28.6. The highest BCUT2D eigenvalue weighted by molar-refractivity contribution is 6.31. The number of halogens is 4. The van der Waals surface area contributed by atoms with Gasteiger partial charge in [0.25, 0.3) is 5.91 Å². The average molecular weight is 607 g/mol. The van der Waals surface area contributed by atoms with Crippen molar-refractivity contribution in [1.82, 2.24) is 4.98 Å². The van der Waals surface area contributed by atoms with E-state index in [1.807, 2.05) is 36.4 Å². The maximum absolute atomic E-state index is 13.3. The van der Waals surface area contributed by atoms with Gasteiger partial charge in [-0.05, 0) is 72.1 Å². The summed E-state index contributed by atoms with van der Waals surface area (Å²) in [5.41, 5.74) is 7.42. The Bertz CT molecular complexity index is 1880. The number of hydrogen-bond acceptors (Lipinski definition) is 6. The van der Waals surface area contributed by atoms with Crippen molar-refractivity contribution in [3.05, 3.63) is 95.1 Å². The fourth-order valence-electron chi connectivity index (χ4n) is 4.79. The van der Waals surface area contributed by atoms with Crippen LogP contribution in [-0.4, -0.2) is 30.1 Å². The minimum atomic E-state index is -4.65. The smallest absolute Gasteiger partial charge is 0.417 e. The molecule has 1 aliphatic rings. The lowest BCUT2D eigenvalue weighted by atomic mass is 10.0. The third-order valence-electron chi connectivity index (χ3n) is 7.37. The number of rotatable bonds is 8. The standard InChI is InChI=1S/C32H26ClF3N4O3/c1-42-28-15-23-26(9-12-38-27(23)16-29(28)43-17-31(37)10-11-31)39-19-5-7-21-18(13-19)3-2-4-22(21)30(41)40-20-6-8-25(33)24(14-20)32(34,35)36/h2-9,12-16H,10-11,17,37H2,1H3,(H,38,39)(H,40,41). The van der Waals surface area contributed by atoms with Crippen molar-refractivity contribution in [3.63, 3.8) is 0 Å². The minimum absolute atomic E-state index is 0.0133. The number of alkyl halides is 3. The van der Waals surface area contributed by atoms with Crippen molar-refractivity contribution in [2.24, 2.45) is 5.73 Å². The number of methoxy groups -OCH3 is 1. The van der Waals surface area contributed by atoms with Crippen LogP contribution in [0.5, 0.6) is 11.5 Å². The number of ether oxygens (including phenoxy) is 2. The summed E-state index contributed by atoms with van der Waals surface area (Å²) in [5, 5.41) is 7.73. The molecule has 43 heavy (non-hydrogen) atoms. The summed E-state index contributed by atoms with van der Waals surface area (Å²) < 4.78 is 51.4. The van der Waals surface area contributed by atoms with Crippen LogP contribution in [0, 0.1) is 0 Å². The van der Waals surface area contributed by atoms with E-state index < -0.39 is 22.7 Å². The molecule has 1 fully saturated rings. The van der Waals surface area contributed by atoms with E-state index in [0.717, 1.165) is 47.1 Å². The lowest BCUT2D eigenvalue weighted by molar-refractivity contribution is -0.137. The SMILES string of the molecule is COc1cc2c(Nc3ccc4c(C(=O)Nc5ccc(Cl)c(C(F)(F)F)c5)cccc4c3)ccnc2cc1OCC1(N)CC1. The molecule has 7 nitrogen and oxygen atoms in total. The van der Waals surface area contributed by atoms with E-state index in [-0.39, 0.29) is 11.2 Å². The van der Waals surface area contributed by atoms with Gasteiger partial charge >= 0.3 is 6.18 Å². The van der Waals surface area contributed by atoms with Gasteiger partial charge < -0.3 is 25.8 Å². The van der Waals surface area contributed by atoms with Gasteiger partial charge in [-0.25, -0.2) is 0 Å². The Morgan fingerprint density at radius 2 is 1.79 bits per heavy atom. The molecule has 6 rings (SSSR count). The molecule has 0 bridgehead atoms. The van der Waals surface area contributed by atoms with E-state index in [4.69, 9.17) is 26.8 Å². The Hall–Kier alpha value is -4.54. The van der Waals surface area contributed by atoms with Crippen molar-refractivity contribution < 1.29 is 27.4 Å². The van der Waals surface area contributed by atoms with Gasteiger partial charge in [-0.1, -0.05) is 29.8 Å². The fourth-order valence-corrected chi connectivity index (χ4v) is 5.02. The van der Waals surface area contributed by atoms with Crippen molar-refractivity contribution in [2.75, 3.05) is 24.4 Å². The molecule has 1 aromatic heterocycles. The molecule has 0 atom stereocenters. The monoisotopic (exact) mass is 606 g/mol. The number of nitrogens with two attached hydrogens (primary N) is 1. The van der Waals surface area contributed by atoms with Crippen LogP contribution in [0.25, 0.3) is 21.7 Å². The summed E-state index contributed by atoms with van der Waals surface area (Å²) in [6, 6.07) is 19.5.